The van der Waals surface area contributed by atoms with Crippen molar-refractivity contribution in [3.63, 3.8) is 0 Å². The summed E-state index contributed by atoms with van der Waals surface area (Å²) in [5.74, 6) is 1.84. The third kappa shape index (κ3) is 5.29. The van der Waals surface area contributed by atoms with E-state index in [2.05, 4.69) is 10.1 Å². The quantitative estimate of drug-likeness (QED) is 0.748. The molecule has 1 aliphatic carbocycles. The predicted molar refractivity (Wildman–Crippen MR) is 102 cm³/mol. The molecule has 1 aliphatic heterocycles. The van der Waals surface area contributed by atoms with Gasteiger partial charge >= 0.3 is 0 Å². The third-order valence-electron chi connectivity index (χ3n) is 5.99. The van der Waals surface area contributed by atoms with Crippen molar-refractivity contribution in [2.75, 3.05) is 26.7 Å². The molecule has 0 spiro atoms. The van der Waals surface area contributed by atoms with E-state index >= 15 is 0 Å². The number of rotatable bonds is 8. The van der Waals surface area contributed by atoms with Crippen molar-refractivity contribution in [2.24, 2.45) is 5.92 Å². The second-order valence-corrected chi connectivity index (χ2v) is 8.35. The van der Waals surface area contributed by atoms with Crippen molar-refractivity contribution in [3.8, 4) is 0 Å². The monoisotopic (exact) mass is 378 g/mol. The summed E-state index contributed by atoms with van der Waals surface area (Å²) in [7, 11) is 1.88. The minimum Gasteiger partial charge on any atom is -0.379 e. The number of piperidine rings is 1. The summed E-state index contributed by atoms with van der Waals surface area (Å²) in [4.78, 5) is 21.1. The second kappa shape index (κ2) is 9.15. The fraction of sp³-hybridized carbons (Fsp3) is 0.850. The molecule has 1 aromatic rings. The molecular weight excluding hydrogens is 344 g/mol. The molecule has 2 heterocycles. The molecule has 1 N–H and O–H groups in total. The lowest BCUT2D eigenvalue weighted by molar-refractivity contribution is -0.159. The predicted octanol–water partition coefficient (Wildman–Crippen LogP) is 2.39. The Labute approximate surface area is 162 Å². The molecule has 0 radical (unpaired) electrons. The Morgan fingerprint density at radius 3 is 2.78 bits per heavy atom. The number of aryl methyl sites for hydroxylation is 1. The fourth-order valence-electron chi connectivity index (χ4n) is 4.48. The number of likely N-dealkylation sites (tertiary alicyclic amines) is 1. The first-order chi connectivity index (χ1) is 13.0. The van der Waals surface area contributed by atoms with Crippen LogP contribution in [-0.2, 0) is 17.8 Å². The maximum Gasteiger partial charge on any atom is 0.255 e. The summed E-state index contributed by atoms with van der Waals surface area (Å²) in [5.41, 5.74) is -1.31. The van der Waals surface area contributed by atoms with E-state index in [1.807, 2.05) is 23.8 Å². The summed E-state index contributed by atoms with van der Waals surface area (Å²) in [6, 6.07) is 0. The molecule has 1 saturated carbocycles. The number of hydrogen-bond donors (Lipinski definition) is 1. The van der Waals surface area contributed by atoms with Crippen LogP contribution < -0.4 is 0 Å². The first-order valence-electron chi connectivity index (χ1n) is 10.5. The summed E-state index contributed by atoms with van der Waals surface area (Å²) in [6.07, 6.45) is 9.72. The highest BCUT2D eigenvalue weighted by molar-refractivity contribution is 5.86. The van der Waals surface area contributed by atoms with Gasteiger partial charge < -0.3 is 14.5 Å². The first kappa shape index (κ1) is 20.3. The molecule has 0 unspecified atom stereocenters. The van der Waals surface area contributed by atoms with Crippen LogP contribution in [0.3, 0.4) is 0 Å². The molecular formula is C20H34N4O3. The zero-order valence-electron chi connectivity index (χ0n) is 16.8. The van der Waals surface area contributed by atoms with Crippen molar-refractivity contribution in [3.05, 3.63) is 11.7 Å². The van der Waals surface area contributed by atoms with Crippen LogP contribution in [-0.4, -0.2) is 63.2 Å². The van der Waals surface area contributed by atoms with E-state index in [0.717, 1.165) is 31.8 Å². The molecule has 2 fully saturated rings. The van der Waals surface area contributed by atoms with Gasteiger partial charge in [-0.3, -0.25) is 9.69 Å². The maximum atomic E-state index is 13.0. The van der Waals surface area contributed by atoms with Crippen LogP contribution in [0.25, 0.3) is 0 Å². The highest BCUT2D eigenvalue weighted by Gasteiger charge is 2.42. The lowest BCUT2D eigenvalue weighted by atomic mass is 9.86. The van der Waals surface area contributed by atoms with Crippen LogP contribution in [0, 0.1) is 5.92 Å². The van der Waals surface area contributed by atoms with E-state index in [-0.39, 0.29) is 5.91 Å². The van der Waals surface area contributed by atoms with Gasteiger partial charge in [-0.2, -0.15) is 4.98 Å². The number of carbonyl (C=O) groups is 1. The Morgan fingerprint density at radius 2 is 2.07 bits per heavy atom. The van der Waals surface area contributed by atoms with Crippen molar-refractivity contribution in [1.82, 2.24) is 19.9 Å². The summed E-state index contributed by atoms with van der Waals surface area (Å²) in [5, 5.41) is 15.0. The normalized spacial score (nSPS) is 24.7. The van der Waals surface area contributed by atoms with Crippen LogP contribution in [0.5, 0.6) is 0 Å². The Hall–Kier alpha value is -1.47. The lowest BCUT2D eigenvalue weighted by Gasteiger charge is -2.40. The number of aromatic nitrogens is 2. The first-order valence-corrected chi connectivity index (χ1v) is 10.5. The van der Waals surface area contributed by atoms with Crippen LogP contribution in [0.15, 0.2) is 4.52 Å². The molecule has 1 amide bonds. The van der Waals surface area contributed by atoms with Crippen molar-refractivity contribution in [2.45, 2.75) is 76.9 Å². The van der Waals surface area contributed by atoms with Gasteiger partial charge in [0.15, 0.2) is 11.4 Å². The second-order valence-electron chi connectivity index (χ2n) is 8.35. The number of likely N-dealkylation sites (N-methyl/N-ethyl adjacent to an activating group) is 1. The zero-order valence-corrected chi connectivity index (χ0v) is 16.8. The average Bonchev–Trinajstić information content (AvgIpc) is 3.11. The maximum absolute atomic E-state index is 13.0. The Morgan fingerprint density at radius 1 is 1.30 bits per heavy atom. The van der Waals surface area contributed by atoms with Gasteiger partial charge in [0.05, 0.1) is 6.54 Å². The van der Waals surface area contributed by atoms with Gasteiger partial charge in [0.2, 0.25) is 5.89 Å². The largest absolute Gasteiger partial charge is 0.379 e. The van der Waals surface area contributed by atoms with Gasteiger partial charge in [-0.15, -0.1) is 0 Å². The molecule has 3 rings (SSSR count). The van der Waals surface area contributed by atoms with E-state index in [1.165, 1.54) is 32.1 Å². The van der Waals surface area contributed by atoms with Gasteiger partial charge in [0.1, 0.15) is 0 Å². The minimum atomic E-state index is -1.31. The topological polar surface area (TPSA) is 82.7 Å². The molecule has 1 aromatic heterocycles. The summed E-state index contributed by atoms with van der Waals surface area (Å²) < 4.78 is 5.13. The minimum absolute atomic E-state index is 0.112. The molecule has 1 atom stereocenters. The van der Waals surface area contributed by atoms with E-state index in [9.17, 15) is 9.90 Å². The van der Waals surface area contributed by atoms with E-state index in [4.69, 9.17) is 4.52 Å². The molecule has 27 heavy (non-hydrogen) atoms. The van der Waals surface area contributed by atoms with Crippen LogP contribution >= 0.6 is 0 Å². The van der Waals surface area contributed by atoms with E-state index in [1.54, 1.807) is 0 Å². The Kier molecular flexibility index (Phi) is 6.87. The standard InChI is InChI=1S/C20H34N4O3/c1-3-18-21-17(22-27-18)14-23(2)15-20(26)11-7-12-24(19(20)25)13-10-16-8-5-4-6-9-16/h16,26H,3-15H2,1-2H3/t20-/m0/s1. The molecule has 152 valence electrons. The molecule has 7 heteroatoms. The number of nitrogens with zero attached hydrogens (tertiary/aromatic N) is 4. The third-order valence-corrected chi connectivity index (χ3v) is 5.99. The number of amides is 1. The van der Waals surface area contributed by atoms with Crippen molar-refractivity contribution in [1.29, 1.82) is 0 Å². The number of carbonyl (C=O) groups excluding carboxylic acids is 1. The highest BCUT2D eigenvalue weighted by atomic mass is 16.5. The van der Waals surface area contributed by atoms with Gasteiger partial charge in [-0.25, -0.2) is 0 Å². The molecule has 0 bridgehead atoms. The average molecular weight is 379 g/mol. The van der Waals surface area contributed by atoms with Crippen molar-refractivity contribution >= 4 is 5.91 Å². The zero-order chi connectivity index (χ0) is 19.3. The molecule has 1 saturated heterocycles. The van der Waals surface area contributed by atoms with Gasteiger partial charge in [0, 0.05) is 26.1 Å². The lowest BCUT2D eigenvalue weighted by Crippen LogP contribution is -2.58. The molecule has 0 aromatic carbocycles. The van der Waals surface area contributed by atoms with E-state index < -0.39 is 5.60 Å². The highest BCUT2D eigenvalue weighted by Crippen LogP contribution is 2.29. The smallest absolute Gasteiger partial charge is 0.255 e. The van der Waals surface area contributed by atoms with Crippen LogP contribution in [0.2, 0.25) is 0 Å². The van der Waals surface area contributed by atoms with Gasteiger partial charge in [-0.1, -0.05) is 44.2 Å². The molecule has 7 nitrogen and oxygen atoms in total. The summed E-state index contributed by atoms with van der Waals surface area (Å²) >= 11 is 0. The number of aliphatic hydroxyl groups is 1. The van der Waals surface area contributed by atoms with E-state index in [0.29, 0.717) is 37.6 Å². The summed E-state index contributed by atoms with van der Waals surface area (Å²) in [6.45, 7) is 4.26. The Bertz CT molecular complexity index is 614. The molecule has 2 aliphatic rings. The van der Waals surface area contributed by atoms with Crippen LogP contribution in [0.4, 0.5) is 0 Å². The Balaban J connectivity index is 1.52. The van der Waals surface area contributed by atoms with Crippen molar-refractivity contribution < 1.29 is 14.4 Å². The number of hydrogen-bond acceptors (Lipinski definition) is 6. The fourth-order valence-corrected chi connectivity index (χ4v) is 4.48. The SMILES string of the molecule is CCc1nc(CN(C)C[C@@]2(O)CCCN(CCC3CCCCC3)C2=O)no1. The van der Waals surface area contributed by atoms with Crippen LogP contribution in [0.1, 0.15) is 70.0 Å². The van der Waals surface area contributed by atoms with Gasteiger partial charge in [0.25, 0.3) is 5.91 Å². The van der Waals surface area contributed by atoms with Gasteiger partial charge in [-0.05, 0) is 32.2 Å².